The SMILES string of the molecule is COC(COC(=O)c1ccccc1)CC(C)n1cnc2c(N)ncnc21. The van der Waals surface area contributed by atoms with E-state index in [0.29, 0.717) is 29.0 Å². The van der Waals surface area contributed by atoms with Crippen molar-refractivity contribution in [1.29, 1.82) is 0 Å². The van der Waals surface area contributed by atoms with E-state index in [9.17, 15) is 4.79 Å². The van der Waals surface area contributed by atoms with Crippen LogP contribution in [0.3, 0.4) is 0 Å². The molecule has 2 heterocycles. The molecular weight excluding hydrogens is 334 g/mol. The van der Waals surface area contributed by atoms with E-state index in [2.05, 4.69) is 15.0 Å². The highest BCUT2D eigenvalue weighted by Crippen LogP contribution is 2.22. The first-order chi connectivity index (χ1) is 12.6. The van der Waals surface area contributed by atoms with Crippen LogP contribution in [0.4, 0.5) is 5.82 Å². The predicted molar refractivity (Wildman–Crippen MR) is 96.6 cm³/mol. The molecule has 3 aromatic rings. The molecule has 0 fully saturated rings. The molecule has 0 bridgehead atoms. The first-order valence-electron chi connectivity index (χ1n) is 8.28. The highest BCUT2D eigenvalue weighted by Gasteiger charge is 2.19. The lowest BCUT2D eigenvalue weighted by Crippen LogP contribution is -2.24. The van der Waals surface area contributed by atoms with Crippen molar-refractivity contribution in [2.45, 2.75) is 25.5 Å². The van der Waals surface area contributed by atoms with Gasteiger partial charge in [0.05, 0.1) is 18.0 Å². The van der Waals surface area contributed by atoms with Crippen LogP contribution in [0.5, 0.6) is 0 Å². The fourth-order valence-corrected chi connectivity index (χ4v) is 2.75. The highest BCUT2D eigenvalue weighted by molar-refractivity contribution is 5.89. The molecule has 26 heavy (non-hydrogen) atoms. The average molecular weight is 355 g/mol. The molecule has 0 saturated heterocycles. The Hall–Kier alpha value is -3.00. The fourth-order valence-electron chi connectivity index (χ4n) is 2.75. The average Bonchev–Trinajstić information content (AvgIpc) is 3.11. The zero-order chi connectivity index (χ0) is 18.5. The maximum absolute atomic E-state index is 12.1. The van der Waals surface area contributed by atoms with Gasteiger partial charge >= 0.3 is 5.97 Å². The van der Waals surface area contributed by atoms with E-state index >= 15 is 0 Å². The Morgan fingerprint density at radius 2 is 2.00 bits per heavy atom. The first kappa shape index (κ1) is 17.8. The van der Waals surface area contributed by atoms with Crippen LogP contribution in [0.25, 0.3) is 11.2 Å². The number of fused-ring (bicyclic) bond motifs is 1. The Bertz CT molecular complexity index is 881. The topological polar surface area (TPSA) is 105 Å². The number of carbonyl (C=O) groups is 1. The van der Waals surface area contributed by atoms with Crippen molar-refractivity contribution in [3.8, 4) is 0 Å². The molecule has 0 aliphatic rings. The molecule has 0 radical (unpaired) electrons. The van der Waals surface area contributed by atoms with Crippen LogP contribution >= 0.6 is 0 Å². The molecule has 1 aromatic carbocycles. The molecule has 2 N–H and O–H groups in total. The Kier molecular flexibility index (Phi) is 5.43. The fraction of sp³-hybridized carbons (Fsp3) is 0.333. The number of aromatic nitrogens is 4. The standard InChI is InChI=1S/C18H21N5O3/c1-12(23-11-22-15-16(19)20-10-21-17(15)23)8-14(25-2)9-26-18(24)13-6-4-3-5-7-13/h3-7,10-12,14H,8-9H2,1-2H3,(H2,19,20,21). The lowest BCUT2D eigenvalue weighted by Gasteiger charge is -2.21. The summed E-state index contributed by atoms with van der Waals surface area (Å²) in [5.41, 5.74) is 7.58. The van der Waals surface area contributed by atoms with Gasteiger partial charge in [-0.2, -0.15) is 0 Å². The van der Waals surface area contributed by atoms with E-state index in [1.54, 1.807) is 37.7 Å². The number of imidazole rings is 1. The summed E-state index contributed by atoms with van der Waals surface area (Å²) < 4.78 is 12.8. The van der Waals surface area contributed by atoms with Crippen molar-refractivity contribution in [2.75, 3.05) is 19.5 Å². The summed E-state index contributed by atoms with van der Waals surface area (Å²) >= 11 is 0. The summed E-state index contributed by atoms with van der Waals surface area (Å²) in [6.07, 6.45) is 3.46. The number of hydrogen-bond donors (Lipinski definition) is 1. The maximum atomic E-state index is 12.1. The summed E-state index contributed by atoms with van der Waals surface area (Å²) in [4.78, 5) is 24.5. The third kappa shape index (κ3) is 3.80. The quantitative estimate of drug-likeness (QED) is 0.648. The Balaban J connectivity index is 1.64. The largest absolute Gasteiger partial charge is 0.459 e. The van der Waals surface area contributed by atoms with Gasteiger partial charge in [-0.3, -0.25) is 0 Å². The van der Waals surface area contributed by atoms with Gasteiger partial charge in [-0.15, -0.1) is 0 Å². The van der Waals surface area contributed by atoms with Crippen LogP contribution in [0.15, 0.2) is 43.0 Å². The van der Waals surface area contributed by atoms with Crippen LogP contribution in [-0.2, 0) is 9.47 Å². The number of hydrogen-bond acceptors (Lipinski definition) is 7. The van der Waals surface area contributed by atoms with Crippen LogP contribution in [0, 0.1) is 0 Å². The maximum Gasteiger partial charge on any atom is 0.338 e. The smallest absolute Gasteiger partial charge is 0.338 e. The molecule has 2 aromatic heterocycles. The monoisotopic (exact) mass is 355 g/mol. The molecule has 0 spiro atoms. The molecule has 0 saturated carbocycles. The van der Waals surface area contributed by atoms with Crippen LogP contribution in [-0.4, -0.2) is 45.3 Å². The summed E-state index contributed by atoms with van der Waals surface area (Å²) in [7, 11) is 1.60. The molecular formula is C18H21N5O3. The minimum absolute atomic E-state index is 0.0228. The molecule has 0 aliphatic heterocycles. The third-order valence-corrected chi connectivity index (χ3v) is 4.21. The second-order valence-corrected chi connectivity index (χ2v) is 5.99. The van der Waals surface area contributed by atoms with Gasteiger partial charge in [-0.05, 0) is 25.5 Å². The van der Waals surface area contributed by atoms with Gasteiger partial charge in [0.15, 0.2) is 11.5 Å². The van der Waals surface area contributed by atoms with Crippen molar-refractivity contribution in [3.63, 3.8) is 0 Å². The number of benzene rings is 1. The van der Waals surface area contributed by atoms with E-state index in [1.807, 2.05) is 17.6 Å². The van der Waals surface area contributed by atoms with E-state index in [4.69, 9.17) is 15.2 Å². The number of carbonyl (C=O) groups excluding carboxylic acids is 1. The second kappa shape index (κ2) is 7.92. The van der Waals surface area contributed by atoms with E-state index < -0.39 is 0 Å². The number of methoxy groups -OCH3 is 1. The highest BCUT2D eigenvalue weighted by atomic mass is 16.6. The molecule has 2 atom stereocenters. The second-order valence-electron chi connectivity index (χ2n) is 5.99. The van der Waals surface area contributed by atoms with Gasteiger partial charge in [-0.25, -0.2) is 19.7 Å². The number of ether oxygens (including phenoxy) is 2. The lowest BCUT2D eigenvalue weighted by molar-refractivity contribution is 0.00377. The number of nitrogens with zero attached hydrogens (tertiary/aromatic N) is 4. The molecule has 136 valence electrons. The Morgan fingerprint density at radius 3 is 2.73 bits per heavy atom. The van der Waals surface area contributed by atoms with Gasteiger partial charge in [0.1, 0.15) is 18.5 Å². The summed E-state index contributed by atoms with van der Waals surface area (Å²) in [6.45, 7) is 2.18. The van der Waals surface area contributed by atoms with Gasteiger partial charge in [0.2, 0.25) is 0 Å². The van der Waals surface area contributed by atoms with E-state index in [1.165, 1.54) is 6.33 Å². The van der Waals surface area contributed by atoms with E-state index in [0.717, 1.165) is 0 Å². The van der Waals surface area contributed by atoms with Crippen LogP contribution in [0.2, 0.25) is 0 Å². The molecule has 2 unspecified atom stereocenters. The zero-order valence-corrected chi connectivity index (χ0v) is 14.7. The third-order valence-electron chi connectivity index (χ3n) is 4.21. The summed E-state index contributed by atoms with van der Waals surface area (Å²) in [6, 6.07) is 8.90. The van der Waals surface area contributed by atoms with Gasteiger partial charge in [-0.1, -0.05) is 18.2 Å². The number of esters is 1. The van der Waals surface area contributed by atoms with Gasteiger partial charge in [0, 0.05) is 13.2 Å². The first-order valence-corrected chi connectivity index (χ1v) is 8.28. The molecule has 8 nitrogen and oxygen atoms in total. The van der Waals surface area contributed by atoms with Crippen LogP contribution < -0.4 is 5.73 Å². The zero-order valence-electron chi connectivity index (χ0n) is 14.7. The predicted octanol–water partition coefficient (Wildman–Crippen LogP) is 2.23. The summed E-state index contributed by atoms with van der Waals surface area (Å²) in [5, 5.41) is 0. The number of anilines is 1. The molecule has 3 rings (SSSR count). The van der Waals surface area contributed by atoms with Gasteiger partial charge in [0.25, 0.3) is 0 Å². The number of nitrogen functional groups attached to an aromatic ring is 1. The van der Waals surface area contributed by atoms with Crippen LogP contribution in [0.1, 0.15) is 29.7 Å². The van der Waals surface area contributed by atoms with Crippen molar-refractivity contribution in [2.24, 2.45) is 0 Å². The number of rotatable bonds is 7. The van der Waals surface area contributed by atoms with Crippen molar-refractivity contribution >= 4 is 23.0 Å². The molecule has 0 amide bonds. The molecule has 8 heteroatoms. The molecule has 0 aliphatic carbocycles. The van der Waals surface area contributed by atoms with Crippen molar-refractivity contribution in [1.82, 2.24) is 19.5 Å². The minimum atomic E-state index is -0.367. The number of nitrogens with two attached hydrogens (primary N) is 1. The van der Waals surface area contributed by atoms with Crippen molar-refractivity contribution < 1.29 is 14.3 Å². The lowest BCUT2D eigenvalue weighted by atomic mass is 10.1. The van der Waals surface area contributed by atoms with E-state index in [-0.39, 0.29) is 24.7 Å². The van der Waals surface area contributed by atoms with Gasteiger partial charge < -0.3 is 19.8 Å². The van der Waals surface area contributed by atoms with Crippen molar-refractivity contribution in [3.05, 3.63) is 48.5 Å². The summed E-state index contributed by atoms with van der Waals surface area (Å²) in [5.74, 6) is -0.0186. The Labute approximate surface area is 151 Å². The minimum Gasteiger partial charge on any atom is -0.459 e. The Morgan fingerprint density at radius 1 is 1.23 bits per heavy atom. The normalized spacial score (nSPS) is 13.5.